The topological polar surface area (TPSA) is 67.1 Å². The Morgan fingerprint density at radius 3 is 2.93 bits per heavy atom. The fourth-order valence-electron chi connectivity index (χ4n) is 1.50. The van der Waals surface area contributed by atoms with Crippen molar-refractivity contribution in [1.82, 2.24) is 0 Å². The average molecular weight is 191 g/mol. The number of rotatable bonds is 0. The van der Waals surface area contributed by atoms with Gasteiger partial charge in [-0.1, -0.05) is 0 Å². The van der Waals surface area contributed by atoms with Crippen LogP contribution in [0.15, 0.2) is 12.1 Å². The molecule has 0 fully saturated rings. The largest absolute Gasteiger partial charge is 0.398 e. The molecule has 1 aliphatic heterocycles. The Morgan fingerprint density at radius 2 is 2.14 bits per heavy atom. The van der Waals surface area contributed by atoms with E-state index in [1.54, 1.807) is 0 Å². The Kier molecular flexibility index (Phi) is 2.04. The summed E-state index contributed by atoms with van der Waals surface area (Å²) in [6.07, 6.45) is 0.494. The number of hydrogen-bond donors (Lipinski definition) is 3. The maximum atomic E-state index is 11.3. The summed E-state index contributed by atoms with van der Waals surface area (Å²) in [6.45, 7) is 2.58. The van der Waals surface area contributed by atoms with Crippen LogP contribution in [0.2, 0.25) is 0 Å². The zero-order valence-electron chi connectivity index (χ0n) is 8.05. The zero-order chi connectivity index (χ0) is 10.1. The molecule has 1 aliphatic rings. The van der Waals surface area contributed by atoms with Crippen LogP contribution in [0.3, 0.4) is 0 Å². The molecule has 14 heavy (non-hydrogen) atoms. The molecule has 0 bridgehead atoms. The third kappa shape index (κ3) is 1.51. The van der Waals surface area contributed by atoms with Gasteiger partial charge in [0.05, 0.1) is 11.4 Å². The number of aryl methyl sites for hydroxylation is 1. The molecule has 4 nitrogen and oxygen atoms in total. The lowest BCUT2D eigenvalue weighted by Gasteiger charge is -2.10. The maximum absolute atomic E-state index is 11.3. The lowest BCUT2D eigenvalue weighted by molar-refractivity contribution is -0.115. The quantitative estimate of drug-likeness (QED) is 0.542. The molecule has 0 radical (unpaired) electrons. The molecule has 0 atom stereocenters. The van der Waals surface area contributed by atoms with Gasteiger partial charge in [0.25, 0.3) is 0 Å². The van der Waals surface area contributed by atoms with Crippen molar-refractivity contribution >= 4 is 23.0 Å². The molecular formula is C10H13N3O. The van der Waals surface area contributed by atoms with Crippen LogP contribution in [0.1, 0.15) is 12.0 Å². The molecule has 0 aliphatic carbocycles. The normalized spacial score (nSPS) is 15.1. The molecule has 1 heterocycles. The van der Waals surface area contributed by atoms with Gasteiger partial charge in [-0.25, -0.2) is 0 Å². The summed E-state index contributed by atoms with van der Waals surface area (Å²) >= 11 is 0. The Hall–Kier alpha value is -1.71. The fraction of sp³-hybridized carbons (Fsp3) is 0.300. The Morgan fingerprint density at radius 1 is 1.36 bits per heavy atom. The molecule has 0 saturated carbocycles. The number of nitrogen functional groups attached to an aromatic ring is 1. The van der Waals surface area contributed by atoms with Crippen molar-refractivity contribution in [3.05, 3.63) is 17.7 Å². The molecule has 0 unspecified atom stereocenters. The summed E-state index contributed by atoms with van der Waals surface area (Å²) in [7, 11) is 0. The van der Waals surface area contributed by atoms with Crippen molar-refractivity contribution < 1.29 is 4.79 Å². The first-order chi connectivity index (χ1) is 6.66. The monoisotopic (exact) mass is 191 g/mol. The summed E-state index contributed by atoms with van der Waals surface area (Å²) in [6, 6.07) is 3.75. The first-order valence-corrected chi connectivity index (χ1v) is 4.60. The number of nitrogens with two attached hydrogens (primary N) is 1. The van der Waals surface area contributed by atoms with E-state index in [4.69, 9.17) is 5.73 Å². The molecular weight excluding hydrogens is 178 g/mol. The number of carbonyl (C=O) groups excluding carboxylic acids is 1. The molecule has 0 saturated heterocycles. The van der Waals surface area contributed by atoms with Gasteiger partial charge in [-0.05, 0) is 24.6 Å². The molecule has 0 spiro atoms. The third-order valence-electron chi connectivity index (χ3n) is 2.35. The van der Waals surface area contributed by atoms with Gasteiger partial charge < -0.3 is 16.4 Å². The number of carbonyl (C=O) groups is 1. The summed E-state index contributed by atoms with van der Waals surface area (Å²) in [5.41, 5.74) is 9.22. The molecule has 4 N–H and O–H groups in total. The molecule has 1 aromatic carbocycles. The van der Waals surface area contributed by atoms with E-state index >= 15 is 0 Å². The molecule has 1 aromatic rings. The van der Waals surface area contributed by atoms with E-state index in [0.717, 1.165) is 22.6 Å². The van der Waals surface area contributed by atoms with Crippen LogP contribution in [0.25, 0.3) is 0 Å². The fourth-order valence-corrected chi connectivity index (χ4v) is 1.50. The molecule has 4 heteroatoms. The highest BCUT2D eigenvalue weighted by atomic mass is 16.1. The van der Waals surface area contributed by atoms with Crippen LogP contribution in [-0.4, -0.2) is 12.5 Å². The van der Waals surface area contributed by atoms with Crippen molar-refractivity contribution in [2.75, 3.05) is 22.9 Å². The Bertz CT molecular complexity index is 387. The Balaban J connectivity index is 2.46. The first-order valence-electron chi connectivity index (χ1n) is 4.60. The van der Waals surface area contributed by atoms with Crippen LogP contribution in [0.5, 0.6) is 0 Å². The van der Waals surface area contributed by atoms with Crippen molar-refractivity contribution in [2.45, 2.75) is 13.3 Å². The lowest BCUT2D eigenvalue weighted by atomic mass is 10.1. The van der Waals surface area contributed by atoms with Crippen molar-refractivity contribution in [2.24, 2.45) is 0 Å². The number of anilines is 3. The smallest absolute Gasteiger partial charge is 0.226 e. The van der Waals surface area contributed by atoms with E-state index in [1.807, 2.05) is 19.1 Å². The van der Waals surface area contributed by atoms with Crippen molar-refractivity contribution in [3.63, 3.8) is 0 Å². The highest BCUT2D eigenvalue weighted by molar-refractivity contribution is 5.96. The second-order valence-electron chi connectivity index (χ2n) is 3.48. The minimum Gasteiger partial charge on any atom is -0.398 e. The number of nitrogens with one attached hydrogen (secondary N) is 2. The predicted molar refractivity (Wildman–Crippen MR) is 57.3 cm³/mol. The van der Waals surface area contributed by atoms with Gasteiger partial charge >= 0.3 is 0 Å². The van der Waals surface area contributed by atoms with E-state index in [0.29, 0.717) is 13.0 Å². The molecule has 74 valence electrons. The molecule has 2 rings (SSSR count). The lowest BCUT2D eigenvalue weighted by Crippen LogP contribution is -2.10. The van der Waals surface area contributed by atoms with Gasteiger partial charge in [-0.15, -0.1) is 0 Å². The number of benzene rings is 1. The second kappa shape index (κ2) is 3.21. The third-order valence-corrected chi connectivity index (χ3v) is 2.35. The van der Waals surface area contributed by atoms with Gasteiger partial charge in [0.1, 0.15) is 0 Å². The van der Waals surface area contributed by atoms with Crippen LogP contribution in [0, 0.1) is 6.92 Å². The Labute approximate surface area is 82.5 Å². The number of hydrogen-bond acceptors (Lipinski definition) is 3. The second-order valence-corrected chi connectivity index (χ2v) is 3.48. The van der Waals surface area contributed by atoms with Crippen LogP contribution in [-0.2, 0) is 4.79 Å². The van der Waals surface area contributed by atoms with Crippen LogP contribution >= 0.6 is 0 Å². The maximum Gasteiger partial charge on any atom is 0.226 e. The summed E-state index contributed by atoms with van der Waals surface area (Å²) in [5, 5.41) is 5.99. The van der Waals surface area contributed by atoms with E-state index in [1.165, 1.54) is 0 Å². The number of fused-ring (bicyclic) bond motifs is 1. The van der Waals surface area contributed by atoms with E-state index in [9.17, 15) is 4.79 Å². The van der Waals surface area contributed by atoms with Crippen molar-refractivity contribution in [3.8, 4) is 0 Å². The van der Waals surface area contributed by atoms with Gasteiger partial charge in [0.2, 0.25) is 5.91 Å². The minimum atomic E-state index is 0.0421. The summed E-state index contributed by atoms with van der Waals surface area (Å²) in [4.78, 5) is 11.3. The zero-order valence-corrected chi connectivity index (χ0v) is 8.05. The highest BCUT2D eigenvalue weighted by Crippen LogP contribution is 2.29. The van der Waals surface area contributed by atoms with Gasteiger partial charge in [0, 0.05) is 18.7 Å². The van der Waals surface area contributed by atoms with E-state index < -0.39 is 0 Å². The van der Waals surface area contributed by atoms with Gasteiger partial charge in [0.15, 0.2) is 0 Å². The SMILES string of the molecule is Cc1cc2c(cc1N)NCCC(=O)N2. The van der Waals surface area contributed by atoms with Crippen LogP contribution < -0.4 is 16.4 Å². The first kappa shape index (κ1) is 8.87. The predicted octanol–water partition coefficient (Wildman–Crippen LogP) is 1.33. The van der Waals surface area contributed by atoms with Gasteiger partial charge in [-0.2, -0.15) is 0 Å². The standard InChI is InChI=1S/C10H13N3O/c1-6-4-9-8(5-7(6)11)12-3-2-10(14)13-9/h4-5,12H,2-3,11H2,1H3,(H,13,14). The minimum absolute atomic E-state index is 0.0421. The molecule has 1 amide bonds. The van der Waals surface area contributed by atoms with Crippen molar-refractivity contribution in [1.29, 1.82) is 0 Å². The summed E-state index contributed by atoms with van der Waals surface area (Å²) < 4.78 is 0. The van der Waals surface area contributed by atoms with E-state index in [-0.39, 0.29) is 5.91 Å². The number of amides is 1. The van der Waals surface area contributed by atoms with E-state index in [2.05, 4.69) is 10.6 Å². The highest BCUT2D eigenvalue weighted by Gasteiger charge is 2.12. The average Bonchev–Trinajstić information content (AvgIpc) is 2.28. The van der Waals surface area contributed by atoms with Gasteiger partial charge in [-0.3, -0.25) is 4.79 Å². The van der Waals surface area contributed by atoms with Crippen LogP contribution in [0.4, 0.5) is 17.1 Å². The summed E-state index contributed by atoms with van der Waals surface area (Å²) in [5.74, 6) is 0.0421. The molecule has 0 aromatic heterocycles.